The smallest absolute Gasteiger partial charge is 0.153 e. The van der Waals surface area contributed by atoms with E-state index in [1.165, 1.54) is 0 Å². The van der Waals surface area contributed by atoms with E-state index in [2.05, 4.69) is 4.98 Å². The van der Waals surface area contributed by atoms with Gasteiger partial charge in [0.05, 0.1) is 6.26 Å². The van der Waals surface area contributed by atoms with Gasteiger partial charge in [0.25, 0.3) is 0 Å². The van der Waals surface area contributed by atoms with E-state index in [9.17, 15) is 0 Å². The van der Waals surface area contributed by atoms with Crippen molar-refractivity contribution in [2.24, 2.45) is 5.73 Å². The summed E-state index contributed by atoms with van der Waals surface area (Å²) in [6.45, 7) is 0.491. The Morgan fingerprint density at radius 3 is 3.08 bits per heavy atom. The molecule has 62 valence electrons. The first-order valence-electron chi connectivity index (χ1n) is 3.58. The van der Waals surface area contributed by atoms with Gasteiger partial charge in [-0.15, -0.1) is 11.3 Å². The second-order valence-electron chi connectivity index (χ2n) is 2.31. The predicted octanol–water partition coefficient (Wildman–Crippen LogP) is 1.86. The Kier molecular flexibility index (Phi) is 1.93. The van der Waals surface area contributed by atoms with Crippen molar-refractivity contribution >= 4 is 11.3 Å². The minimum Gasteiger partial charge on any atom is -0.463 e. The van der Waals surface area contributed by atoms with Crippen molar-refractivity contribution in [3.63, 3.8) is 0 Å². The molecule has 0 spiro atoms. The second-order valence-corrected chi connectivity index (χ2v) is 3.25. The second kappa shape index (κ2) is 3.08. The highest BCUT2D eigenvalue weighted by Gasteiger charge is 2.04. The molecule has 3 nitrogen and oxygen atoms in total. The fraction of sp³-hybridized carbons (Fsp3) is 0.125. The molecule has 0 radical (unpaired) electrons. The number of nitrogens with two attached hydrogens (primary N) is 1. The van der Waals surface area contributed by atoms with Gasteiger partial charge in [0, 0.05) is 11.9 Å². The highest BCUT2D eigenvalue weighted by molar-refractivity contribution is 7.09. The summed E-state index contributed by atoms with van der Waals surface area (Å²) in [6, 6.07) is 3.73. The molecule has 0 amide bonds. The Hall–Kier alpha value is -1.13. The van der Waals surface area contributed by atoms with Gasteiger partial charge in [0.15, 0.2) is 5.76 Å². The summed E-state index contributed by atoms with van der Waals surface area (Å²) in [4.78, 5) is 4.27. The summed E-state index contributed by atoms with van der Waals surface area (Å²) in [7, 11) is 0. The van der Waals surface area contributed by atoms with Crippen molar-refractivity contribution < 1.29 is 4.42 Å². The molecule has 0 bridgehead atoms. The zero-order chi connectivity index (χ0) is 8.39. The third-order valence-electron chi connectivity index (χ3n) is 1.50. The van der Waals surface area contributed by atoms with Crippen LogP contribution in [0.15, 0.2) is 28.2 Å². The molecule has 2 heterocycles. The van der Waals surface area contributed by atoms with Gasteiger partial charge in [0.2, 0.25) is 0 Å². The van der Waals surface area contributed by atoms with Gasteiger partial charge in [-0.3, -0.25) is 0 Å². The molecular weight excluding hydrogens is 172 g/mol. The molecule has 0 fully saturated rings. The van der Waals surface area contributed by atoms with Crippen LogP contribution in [-0.2, 0) is 6.54 Å². The molecule has 4 heteroatoms. The normalized spacial score (nSPS) is 10.4. The van der Waals surface area contributed by atoms with Gasteiger partial charge in [-0.1, -0.05) is 0 Å². The van der Waals surface area contributed by atoms with Crippen LogP contribution in [0.4, 0.5) is 0 Å². The van der Waals surface area contributed by atoms with Crippen LogP contribution in [0, 0.1) is 0 Å². The van der Waals surface area contributed by atoms with E-state index in [0.29, 0.717) is 6.54 Å². The molecule has 2 rings (SSSR count). The van der Waals surface area contributed by atoms with E-state index in [1.54, 1.807) is 17.6 Å². The van der Waals surface area contributed by atoms with Crippen LogP contribution in [0.3, 0.4) is 0 Å². The van der Waals surface area contributed by atoms with Crippen molar-refractivity contribution in [1.29, 1.82) is 0 Å². The monoisotopic (exact) mass is 180 g/mol. The molecule has 0 aliphatic carbocycles. The van der Waals surface area contributed by atoms with Gasteiger partial charge in [0.1, 0.15) is 10.7 Å². The first-order chi connectivity index (χ1) is 5.90. The summed E-state index contributed by atoms with van der Waals surface area (Å²) in [5.41, 5.74) is 6.30. The summed E-state index contributed by atoms with van der Waals surface area (Å²) < 4.78 is 5.18. The van der Waals surface area contributed by atoms with Crippen LogP contribution in [0.25, 0.3) is 11.5 Å². The zero-order valence-electron chi connectivity index (χ0n) is 6.36. The minimum absolute atomic E-state index is 0.491. The Bertz CT molecular complexity index is 353. The summed E-state index contributed by atoms with van der Waals surface area (Å²) in [6.07, 6.45) is 1.64. The molecule has 12 heavy (non-hydrogen) atoms. The molecule has 0 saturated heterocycles. The zero-order valence-corrected chi connectivity index (χ0v) is 7.17. The molecule has 0 aromatic carbocycles. The molecule has 0 aliphatic rings. The maximum atomic E-state index is 5.43. The quantitative estimate of drug-likeness (QED) is 0.767. The summed E-state index contributed by atoms with van der Waals surface area (Å²) >= 11 is 1.55. The highest BCUT2D eigenvalue weighted by atomic mass is 32.1. The average molecular weight is 180 g/mol. The molecule has 2 aromatic rings. The van der Waals surface area contributed by atoms with Crippen LogP contribution in [0.2, 0.25) is 0 Å². The standard InChI is InChI=1S/C8H8N2OS/c9-4-8-10-6(5-12-8)7-2-1-3-11-7/h1-3,5H,4,9H2. The lowest BCUT2D eigenvalue weighted by molar-refractivity contribution is 0.580. The van der Waals surface area contributed by atoms with E-state index >= 15 is 0 Å². The number of furan rings is 1. The molecule has 2 aromatic heterocycles. The maximum absolute atomic E-state index is 5.43. The Labute approximate surface area is 73.8 Å². The van der Waals surface area contributed by atoms with E-state index in [-0.39, 0.29) is 0 Å². The molecule has 0 unspecified atom stereocenters. The summed E-state index contributed by atoms with van der Waals surface area (Å²) in [5, 5.41) is 2.88. The Morgan fingerprint density at radius 2 is 2.50 bits per heavy atom. The maximum Gasteiger partial charge on any atom is 0.153 e. The molecule has 0 saturated carbocycles. The number of nitrogens with zero attached hydrogens (tertiary/aromatic N) is 1. The summed E-state index contributed by atoms with van der Waals surface area (Å²) in [5.74, 6) is 0.797. The SMILES string of the molecule is NCc1nc(-c2ccco2)cs1. The number of aromatic nitrogens is 1. The number of thiazole rings is 1. The number of hydrogen-bond donors (Lipinski definition) is 1. The van der Waals surface area contributed by atoms with Gasteiger partial charge >= 0.3 is 0 Å². The lowest BCUT2D eigenvalue weighted by Crippen LogP contribution is -1.94. The first-order valence-corrected chi connectivity index (χ1v) is 4.46. The van der Waals surface area contributed by atoms with Gasteiger partial charge < -0.3 is 10.2 Å². The fourth-order valence-electron chi connectivity index (χ4n) is 0.942. The van der Waals surface area contributed by atoms with Crippen molar-refractivity contribution in [3.8, 4) is 11.5 Å². The van der Waals surface area contributed by atoms with Gasteiger partial charge in [-0.05, 0) is 12.1 Å². The average Bonchev–Trinajstić information content (AvgIpc) is 2.75. The van der Waals surface area contributed by atoms with Crippen LogP contribution in [-0.4, -0.2) is 4.98 Å². The third kappa shape index (κ3) is 1.26. The van der Waals surface area contributed by atoms with Gasteiger partial charge in [-0.25, -0.2) is 4.98 Å². The van der Waals surface area contributed by atoms with Crippen LogP contribution < -0.4 is 5.73 Å². The van der Waals surface area contributed by atoms with Crippen LogP contribution in [0.1, 0.15) is 5.01 Å². The van der Waals surface area contributed by atoms with E-state index in [0.717, 1.165) is 16.5 Å². The van der Waals surface area contributed by atoms with Gasteiger partial charge in [-0.2, -0.15) is 0 Å². The minimum atomic E-state index is 0.491. The largest absolute Gasteiger partial charge is 0.463 e. The van der Waals surface area contributed by atoms with E-state index in [4.69, 9.17) is 10.2 Å². The number of rotatable bonds is 2. The highest BCUT2D eigenvalue weighted by Crippen LogP contribution is 2.21. The van der Waals surface area contributed by atoms with Crippen molar-refractivity contribution in [1.82, 2.24) is 4.98 Å². The Morgan fingerprint density at radius 1 is 1.58 bits per heavy atom. The first kappa shape index (κ1) is 7.52. The Balaban J connectivity index is 2.35. The topological polar surface area (TPSA) is 52.0 Å². The molecule has 0 aliphatic heterocycles. The predicted molar refractivity (Wildman–Crippen MR) is 47.7 cm³/mol. The van der Waals surface area contributed by atoms with Crippen molar-refractivity contribution in [2.75, 3.05) is 0 Å². The molecular formula is C8H8N2OS. The van der Waals surface area contributed by atoms with Crippen molar-refractivity contribution in [2.45, 2.75) is 6.54 Å². The molecule has 2 N–H and O–H groups in total. The van der Waals surface area contributed by atoms with E-state index < -0.39 is 0 Å². The van der Waals surface area contributed by atoms with E-state index in [1.807, 2.05) is 17.5 Å². The van der Waals surface area contributed by atoms with Crippen molar-refractivity contribution in [3.05, 3.63) is 28.8 Å². The van der Waals surface area contributed by atoms with Crippen LogP contribution >= 0.6 is 11.3 Å². The fourth-order valence-corrected chi connectivity index (χ4v) is 1.61. The third-order valence-corrected chi connectivity index (χ3v) is 2.37. The number of hydrogen-bond acceptors (Lipinski definition) is 4. The molecule has 0 atom stereocenters. The lowest BCUT2D eigenvalue weighted by Gasteiger charge is -1.86. The lowest BCUT2D eigenvalue weighted by atomic mass is 10.4. The van der Waals surface area contributed by atoms with Crippen LogP contribution in [0.5, 0.6) is 0 Å².